The zero-order chi connectivity index (χ0) is 33.3. The summed E-state index contributed by atoms with van der Waals surface area (Å²) in [5.74, 6) is 0. The first-order valence-electron chi connectivity index (χ1n) is 16.3. The standard InChI is InChI=1S/C31H64O15/c1-32-7-10-37-16-18-40-21-20-39-14-12-35-5-4-6-36-13-15-42-24-26-44-29-31(46-28-9-34-3)30-45-27-25-43-23-22-41-19-17-38-11-8-33-2/h31H,4-30H2,1-3H3. The Morgan fingerprint density at radius 3 is 0.804 bits per heavy atom. The molecule has 0 aromatic heterocycles. The highest BCUT2D eigenvalue weighted by Gasteiger charge is 2.10. The van der Waals surface area contributed by atoms with E-state index >= 15 is 0 Å². The fourth-order valence-corrected chi connectivity index (χ4v) is 3.28. The Kier molecular flexibility index (Phi) is 41.9. The van der Waals surface area contributed by atoms with Gasteiger partial charge in [-0.25, -0.2) is 0 Å². The monoisotopic (exact) mass is 676 g/mol. The van der Waals surface area contributed by atoms with E-state index in [0.29, 0.717) is 172 Å². The third-order valence-electron chi connectivity index (χ3n) is 5.67. The zero-order valence-electron chi connectivity index (χ0n) is 28.8. The minimum atomic E-state index is -0.204. The van der Waals surface area contributed by atoms with Crippen LogP contribution in [-0.4, -0.2) is 199 Å². The largest absolute Gasteiger partial charge is 0.382 e. The van der Waals surface area contributed by atoms with Crippen LogP contribution in [0.3, 0.4) is 0 Å². The van der Waals surface area contributed by atoms with E-state index in [1.807, 2.05) is 0 Å². The fraction of sp³-hybridized carbons (Fsp3) is 1.00. The summed E-state index contributed by atoms with van der Waals surface area (Å²) in [5.41, 5.74) is 0. The van der Waals surface area contributed by atoms with Gasteiger partial charge in [-0.15, -0.1) is 0 Å². The number of rotatable bonds is 42. The Hall–Kier alpha value is -0.600. The van der Waals surface area contributed by atoms with Gasteiger partial charge in [0.25, 0.3) is 0 Å². The SMILES string of the molecule is COCCOCCOCCOCCOCCCOCCOCCOCC(COCCOCCOCCOCCOC)OCCOC. The van der Waals surface area contributed by atoms with Gasteiger partial charge in [0, 0.05) is 34.5 Å². The molecule has 0 saturated heterocycles. The summed E-state index contributed by atoms with van der Waals surface area (Å²) < 4.78 is 81.2. The Labute approximate surface area is 276 Å². The van der Waals surface area contributed by atoms with Gasteiger partial charge in [-0.05, 0) is 6.42 Å². The van der Waals surface area contributed by atoms with Crippen LogP contribution in [0.25, 0.3) is 0 Å². The third kappa shape index (κ3) is 39.6. The van der Waals surface area contributed by atoms with Gasteiger partial charge in [-0.3, -0.25) is 0 Å². The zero-order valence-corrected chi connectivity index (χ0v) is 28.8. The van der Waals surface area contributed by atoms with Gasteiger partial charge in [0.15, 0.2) is 0 Å². The first kappa shape index (κ1) is 45.4. The normalized spacial score (nSPS) is 12.3. The molecule has 0 rings (SSSR count). The summed E-state index contributed by atoms with van der Waals surface area (Å²) in [6.07, 6.45) is 0.610. The molecule has 0 aliphatic rings. The summed E-state index contributed by atoms with van der Waals surface area (Å²) in [6, 6.07) is 0. The number of hydrogen-bond donors (Lipinski definition) is 0. The van der Waals surface area contributed by atoms with Gasteiger partial charge in [0.1, 0.15) is 6.10 Å². The molecular weight excluding hydrogens is 612 g/mol. The molecule has 0 radical (unpaired) electrons. The molecule has 15 nitrogen and oxygen atoms in total. The predicted octanol–water partition coefficient (Wildman–Crippen LogP) is 0.884. The van der Waals surface area contributed by atoms with Crippen LogP contribution in [0.2, 0.25) is 0 Å². The Morgan fingerprint density at radius 2 is 0.500 bits per heavy atom. The van der Waals surface area contributed by atoms with E-state index in [2.05, 4.69) is 0 Å². The highest BCUT2D eigenvalue weighted by Crippen LogP contribution is 1.97. The minimum Gasteiger partial charge on any atom is -0.382 e. The summed E-state index contributed by atoms with van der Waals surface area (Å²) in [5, 5.41) is 0. The summed E-state index contributed by atoms with van der Waals surface area (Å²) in [6.45, 7) is 13.6. The lowest BCUT2D eigenvalue weighted by Crippen LogP contribution is -2.28. The molecule has 0 aliphatic carbocycles. The molecule has 0 aromatic carbocycles. The second-order valence-electron chi connectivity index (χ2n) is 9.49. The number of ether oxygens (including phenoxy) is 15. The van der Waals surface area contributed by atoms with Crippen LogP contribution in [0.5, 0.6) is 0 Å². The van der Waals surface area contributed by atoms with Gasteiger partial charge >= 0.3 is 0 Å². The van der Waals surface area contributed by atoms with E-state index in [9.17, 15) is 0 Å². The molecule has 46 heavy (non-hydrogen) atoms. The molecule has 0 fully saturated rings. The molecule has 278 valence electrons. The lowest BCUT2D eigenvalue weighted by molar-refractivity contribution is -0.0830. The maximum absolute atomic E-state index is 5.79. The van der Waals surface area contributed by atoms with Crippen molar-refractivity contribution in [1.82, 2.24) is 0 Å². The third-order valence-corrected chi connectivity index (χ3v) is 5.67. The van der Waals surface area contributed by atoms with Gasteiger partial charge in [0.2, 0.25) is 0 Å². The fourth-order valence-electron chi connectivity index (χ4n) is 3.28. The van der Waals surface area contributed by atoms with Crippen molar-refractivity contribution in [2.75, 3.05) is 193 Å². The van der Waals surface area contributed by atoms with Crippen molar-refractivity contribution in [3.05, 3.63) is 0 Å². The van der Waals surface area contributed by atoms with Crippen LogP contribution in [0.4, 0.5) is 0 Å². The molecule has 0 N–H and O–H groups in total. The van der Waals surface area contributed by atoms with E-state index in [1.54, 1.807) is 21.3 Å². The van der Waals surface area contributed by atoms with E-state index < -0.39 is 0 Å². The van der Waals surface area contributed by atoms with Gasteiger partial charge < -0.3 is 71.1 Å². The number of methoxy groups -OCH3 is 3. The van der Waals surface area contributed by atoms with Crippen molar-refractivity contribution in [3.8, 4) is 0 Å². The smallest absolute Gasteiger partial charge is 0.104 e. The summed E-state index contributed by atoms with van der Waals surface area (Å²) in [7, 11) is 4.93. The summed E-state index contributed by atoms with van der Waals surface area (Å²) in [4.78, 5) is 0. The van der Waals surface area contributed by atoms with Crippen molar-refractivity contribution in [2.45, 2.75) is 12.5 Å². The van der Waals surface area contributed by atoms with Crippen molar-refractivity contribution in [2.24, 2.45) is 0 Å². The van der Waals surface area contributed by atoms with Crippen LogP contribution in [-0.2, 0) is 71.1 Å². The summed E-state index contributed by atoms with van der Waals surface area (Å²) >= 11 is 0. The first-order valence-corrected chi connectivity index (χ1v) is 16.3. The molecule has 0 aliphatic heterocycles. The highest BCUT2D eigenvalue weighted by molar-refractivity contribution is 4.56. The number of hydrogen-bond acceptors (Lipinski definition) is 15. The Morgan fingerprint density at radius 1 is 0.261 bits per heavy atom. The first-order chi connectivity index (χ1) is 22.8. The molecule has 0 spiro atoms. The van der Waals surface area contributed by atoms with Crippen LogP contribution >= 0.6 is 0 Å². The molecule has 15 heteroatoms. The van der Waals surface area contributed by atoms with E-state index in [0.717, 1.165) is 6.42 Å². The molecular formula is C31H64O15. The molecule has 0 heterocycles. The van der Waals surface area contributed by atoms with Crippen LogP contribution in [0.15, 0.2) is 0 Å². The molecule has 0 bridgehead atoms. The molecule has 0 amide bonds. The second-order valence-corrected chi connectivity index (χ2v) is 9.49. The van der Waals surface area contributed by atoms with Gasteiger partial charge in [-0.2, -0.15) is 0 Å². The van der Waals surface area contributed by atoms with Crippen LogP contribution in [0, 0.1) is 0 Å². The van der Waals surface area contributed by atoms with Crippen molar-refractivity contribution >= 4 is 0 Å². The second kappa shape index (κ2) is 42.4. The Balaban J connectivity index is 3.46. The van der Waals surface area contributed by atoms with Gasteiger partial charge in [0.05, 0.1) is 159 Å². The maximum atomic E-state index is 5.79. The van der Waals surface area contributed by atoms with Crippen molar-refractivity contribution in [1.29, 1.82) is 0 Å². The molecule has 1 unspecified atom stereocenters. The van der Waals surface area contributed by atoms with E-state index in [1.165, 1.54) is 0 Å². The lowest BCUT2D eigenvalue weighted by atomic mass is 10.4. The van der Waals surface area contributed by atoms with Gasteiger partial charge in [-0.1, -0.05) is 0 Å². The average molecular weight is 677 g/mol. The minimum absolute atomic E-state index is 0.204. The van der Waals surface area contributed by atoms with Crippen molar-refractivity contribution < 1.29 is 71.1 Å². The van der Waals surface area contributed by atoms with Crippen LogP contribution in [0.1, 0.15) is 6.42 Å². The molecule has 0 aromatic rings. The highest BCUT2D eigenvalue weighted by atomic mass is 16.6. The topological polar surface area (TPSA) is 138 Å². The lowest BCUT2D eigenvalue weighted by Gasteiger charge is -2.18. The molecule has 1 atom stereocenters. The van der Waals surface area contributed by atoms with E-state index in [-0.39, 0.29) is 6.10 Å². The quantitative estimate of drug-likeness (QED) is 0.0846. The van der Waals surface area contributed by atoms with E-state index in [4.69, 9.17) is 71.1 Å². The molecule has 0 saturated carbocycles. The maximum Gasteiger partial charge on any atom is 0.104 e. The Bertz CT molecular complexity index is 536. The van der Waals surface area contributed by atoms with Crippen LogP contribution < -0.4 is 0 Å². The van der Waals surface area contributed by atoms with Crippen molar-refractivity contribution in [3.63, 3.8) is 0 Å². The average Bonchev–Trinajstić information content (AvgIpc) is 3.07. The predicted molar refractivity (Wildman–Crippen MR) is 169 cm³/mol.